The minimum atomic E-state index is -0.356. The summed E-state index contributed by atoms with van der Waals surface area (Å²) in [4.78, 5) is 20.3. The van der Waals surface area contributed by atoms with Gasteiger partial charge >= 0.3 is 0 Å². The number of piperazine rings is 1. The van der Waals surface area contributed by atoms with E-state index in [1.54, 1.807) is 30.9 Å². The fourth-order valence-corrected chi connectivity index (χ4v) is 3.84. The summed E-state index contributed by atoms with van der Waals surface area (Å²) in [5, 5.41) is 10.9. The number of aromatic nitrogens is 3. The van der Waals surface area contributed by atoms with Gasteiger partial charge in [-0.25, -0.2) is 9.37 Å². The van der Waals surface area contributed by atoms with Gasteiger partial charge in [0.1, 0.15) is 11.6 Å². The zero-order valence-electron chi connectivity index (χ0n) is 16.7. The Bertz CT molecular complexity index is 1210. The van der Waals surface area contributed by atoms with Crippen LogP contribution < -0.4 is 9.80 Å². The van der Waals surface area contributed by atoms with Crippen LogP contribution in [0, 0.1) is 5.82 Å². The first-order chi connectivity index (χ1) is 15.2. The van der Waals surface area contributed by atoms with E-state index in [2.05, 4.69) is 41.9 Å². The summed E-state index contributed by atoms with van der Waals surface area (Å²) in [5.74, 6) is 0.530. The van der Waals surface area contributed by atoms with E-state index in [0.717, 1.165) is 48.8 Å². The fraction of sp³-hybridized carbons (Fsp3) is 0.174. The monoisotopic (exact) mass is 416 g/mol. The van der Waals surface area contributed by atoms with Crippen molar-refractivity contribution in [2.45, 2.75) is 0 Å². The molecule has 0 amide bonds. The number of rotatable bonds is 4. The van der Waals surface area contributed by atoms with E-state index in [4.69, 9.17) is 0 Å². The number of aromatic amines is 1. The highest BCUT2D eigenvalue weighted by Gasteiger charge is 2.18. The molecule has 2 aromatic carbocycles. The van der Waals surface area contributed by atoms with E-state index in [0.29, 0.717) is 11.1 Å². The largest absolute Gasteiger partial charge is 0.494 e. The molecule has 31 heavy (non-hydrogen) atoms. The average molecular weight is 416 g/mol. The van der Waals surface area contributed by atoms with Crippen molar-refractivity contribution in [2.75, 3.05) is 36.0 Å². The lowest BCUT2D eigenvalue weighted by atomic mass is 10.2. The molecule has 0 radical (unpaired) electrons. The molecule has 2 aromatic heterocycles. The van der Waals surface area contributed by atoms with Crippen LogP contribution in [-0.2, 0) is 0 Å². The molecule has 0 unspecified atom stereocenters. The highest BCUT2D eigenvalue weighted by molar-refractivity contribution is 6.02. The molecule has 7 nitrogen and oxygen atoms in total. The van der Waals surface area contributed by atoms with Crippen molar-refractivity contribution >= 4 is 34.3 Å². The van der Waals surface area contributed by atoms with Crippen LogP contribution in [-0.4, -0.2) is 52.5 Å². The Kier molecular flexibility index (Phi) is 4.95. The van der Waals surface area contributed by atoms with Crippen LogP contribution in [0.15, 0.2) is 66.0 Å². The molecule has 3 heterocycles. The van der Waals surface area contributed by atoms with Crippen molar-refractivity contribution in [3.05, 3.63) is 72.4 Å². The van der Waals surface area contributed by atoms with Crippen LogP contribution in [0.5, 0.6) is 5.88 Å². The van der Waals surface area contributed by atoms with Gasteiger partial charge in [0.25, 0.3) is 0 Å². The molecule has 0 bridgehead atoms. The van der Waals surface area contributed by atoms with E-state index >= 15 is 0 Å². The molecule has 0 atom stereocenters. The first-order valence-electron chi connectivity index (χ1n) is 10.1. The van der Waals surface area contributed by atoms with Crippen molar-refractivity contribution in [3.63, 3.8) is 0 Å². The third kappa shape index (κ3) is 3.92. The topological polar surface area (TPSA) is 80.6 Å². The predicted molar refractivity (Wildman–Crippen MR) is 120 cm³/mol. The summed E-state index contributed by atoms with van der Waals surface area (Å²) in [7, 11) is 0. The molecule has 1 aliphatic rings. The normalized spacial score (nSPS) is 14.6. The first-order valence-corrected chi connectivity index (χ1v) is 10.1. The Morgan fingerprint density at radius 3 is 2.52 bits per heavy atom. The summed E-state index contributed by atoms with van der Waals surface area (Å²) >= 11 is 0. The molecule has 0 spiro atoms. The zero-order chi connectivity index (χ0) is 21.2. The third-order valence-corrected chi connectivity index (χ3v) is 5.49. The smallest absolute Gasteiger partial charge is 0.198 e. The Morgan fingerprint density at radius 1 is 1.00 bits per heavy atom. The van der Waals surface area contributed by atoms with Gasteiger partial charge in [0, 0.05) is 55.9 Å². The summed E-state index contributed by atoms with van der Waals surface area (Å²) in [5.41, 5.74) is 3.00. The Balaban J connectivity index is 1.26. The van der Waals surface area contributed by atoms with Gasteiger partial charge in [0.05, 0.1) is 23.0 Å². The van der Waals surface area contributed by atoms with Gasteiger partial charge in [-0.2, -0.15) is 0 Å². The van der Waals surface area contributed by atoms with Gasteiger partial charge in [-0.05, 0) is 42.5 Å². The highest BCUT2D eigenvalue weighted by Crippen LogP contribution is 2.27. The molecular weight excluding hydrogens is 395 g/mol. The third-order valence-electron chi connectivity index (χ3n) is 5.49. The van der Waals surface area contributed by atoms with E-state index in [1.807, 2.05) is 12.1 Å². The number of H-pyrrole nitrogens is 1. The number of hydrogen-bond acceptors (Lipinski definition) is 6. The molecule has 5 rings (SSSR count). The van der Waals surface area contributed by atoms with Gasteiger partial charge in [0.15, 0.2) is 5.88 Å². The Morgan fingerprint density at radius 2 is 1.77 bits per heavy atom. The second-order valence-corrected chi connectivity index (χ2v) is 7.39. The van der Waals surface area contributed by atoms with E-state index in [9.17, 15) is 9.50 Å². The molecule has 1 fully saturated rings. The SMILES string of the molecule is Oc1[nH]c2cc(F)ccc2c1C=Nc1ccc(N2CCN(c3cnccn3)CC2)cc1. The van der Waals surface area contributed by atoms with E-state index in [-0.39, 0.29) is 11.7 Å². The molecule has 1 aliphatic heterocycles. The molecular formula is C23H21FN6O. The molecule has 0 saturated carbocycles. The maximum absolute atomic E-state index is 13.4. The van der Waals surface area contributed by atoms with Crippen molar-refractivity contribution in [1.82, 2.24) is 15.0 Å². The number of anilines is 2. The molecule has 8 heteroatoms. The Labute approximate surface area is 178 Å². The van der Waals surface area contributed by atoms with E-state index in [1.165, 1.54) is 12.1 Å². The first kappa shape index (κ1) is 19.0. The maximum atomic E-state index is 13.4. The molecule has 4 aromatic rings. The van der Waals surface area contributed by atoms with Crippen LogP contribution in [0.3, 0.4) is 0 Å². The average Bonchev–Trinajstić information content (AvgIpc) is 3.12. The Hall–Kier alpha value is -3.94. The number of fused-ring (bicyclic) bond motifs is 1. The molecule has 2 N–H and O–H groups in total. The quantitative estimate of drug-likeness (QED) is 0.494. The second-order valence-electron chi connectivity index (χ2n) is 7.39. The van der Waals surface area contributed by atoms with Crippen LogP contribution >= 0.6 is 0 Å². The van der Waals surface area contributed by atoms with Crippen molar-refractivity contribution in [2.24, 2.45) is 4.99 Å². The fourth-order valence-electron chi connectivity index (χ4n) is 3.84. The summed E-state index contributed by atoms with van der Waals surface area (Å²) < 4.78 is 13.4. The van der Waals surface area contributed by atoms with Crippen molar-refractivity contribution in [3.8, 4) is 5.88 Å². The van der Waals surface area contributed by atoms with Gasteiger partial charge in [-0.1, -0.05) is 0 Å². The van der Waals surface area contributed by atoms with Gasteiger partial charge < -0.3 is 19.9 Å². The zero-order valence-corrected chi connectivity index (χ0v) is 16.7. The van der Waals surface area contributed by atoms with Crippen molar-refractivity contribution < 1.29 is 9.50 Å². The van der Waals surface area contributed by atoms with Crippen LogP contribution in [0.2, 0.25) is 0 Å². The number of hydrogen-bond donors (Lipinski definition) is 2. The summed E-state index contributed by atoms with van der Waals surface area (Å²) in [6, 6.07) is 12.4. The minimum Gasteiger partial charge on any atom is -0.494 e. The molecule has 156 valence electrons. The van der Waals surface area contributed by atoms with Crippen LogP contribution in [0.4, 0.5) is 21.6 Å². The number of benzene rings is 2. The van der Waals surface area contributed by atoms with E-state index < -0.39 is 0 Å². The lowest BCUT2D eigenvalue weighted by Gasteiger charge is -2.36. The maximum Gasteiger partial charge on any atom is 0.198 e. The molecule has 0 aliphatic carbocycles. The number of aliphatic imine (C=N–C) groups is 1. The lowest BCUT2D eigenvalue weighted by molar-refractivity contribution is 0.457. The number of nitrogens with zero attached hydrogens (tertiary/aromatic N) is 5. The number of aromatic hydroxyl groups is 1. The number of nitrogens with one attached hydrogen (secondary N) is 1. The predicted octanol–water partition coefficient (Wildman–Crippen LogP) is 3.88. The summed E-state index contributed by atoms with van der Waals surface area (Å²) in [6.45, 7) is 3.58. The second kappa shape index (κ2) is 8.06. The molecule has 1 saturated heterocycles. The highest BCUT2D eigenvalue weighted by atomic mass is 19.1. The standard InChI is InChI=1S/C23H21FN6O/c24-16-1-6-19-20(23(31)28-21(19)13-16)14-27-17-2-4-18(5-3-17)29-9-11-30(12-10-29)22-15-25-7-8-26-22/h1-8,13-15,28,31H,9-12H2. The number of halogens is 1. The van der Waals surface area contributed by atoms with Gasteiger partial charge in [-0.3, -0.25) is 9.98 Å². The minimum absolute atomic E-state index is 0.0260. The van der Waals surface area contributed by atoms with Gasteiger partial charge in [-0.15, -0.1) is 0 Å². The van der Waals surface area contributed by atoms with Crippen molar-refractivity contribution in [1.29, 1.82) is 0 Å². The lowest BCUT2D eigenvalue weighted by Crippen LogP contribution is -2.46. The summed E-state index contributed by atoms with van der Waals surface area (Å²) in [6.07, 6.45) is 6.80. The van der Waals surface area contributed by atoms with Crippen LogP contribution in [0.25, 0.3) is 10.9 Å². The van der Waals surface area contributed by atoms with Crippen LogP contribution in [0.1, 0.15) is 5.56 Å². The van der Waals surface area contributed by atoms with Gasteiger partial charge in [0.2, 0.25) is 0 Å².